The zero-order valence-corrected chi connectivity index (χ0v) is 8.60. The number of benzene rings is 1. The summed E-state index contributed by atoms with van der Waals surface area (Å²) in [5, 5.41) is 9.59. The van der Waals surface area contributed by atoms with E-state index >= 15 is 0 Å². The minimum absolute atomic E-state index is 0.372. The molecule has 2 rings (SSSR count). The molecule has 1 aromatic heterocycles. The Balaban J connectivity index is 2.80. The van der Waals surface area contributed by atoms with Gasteiger partial charge < -0.3 is 5.11 Å². The average molecular weight is 218 g/mol. The number of hydrogen-bond acceptors (Lipinski definition) is 3. The van der Waals surface area contributed by atoms with Crippen molar-refractivity contribution in [3.8, 4) is 11.6 Å². The zero-order chi connectivity index (χ0) is 11.7. The van der Waals surface area contributed by atoms with Crippen LogP contribution >= 0.6 is 0 Å². The number of aromatic nitrogens is 2. The Morgan fingerprint density at radius 1 is 1.25 bits per heavy atom. The van der Waals surface area contributed by atoms with Gasteiger partial charge in [0.05, 0.1) is 11.8 Å². The Kier molecular flexibility index (Phi) is 2.36. The van der Waals surface area contributed by atoms with Crippen molar-refractivity contribution in [3.63, 3.8) is 0 Å². The van der Waals surface area contributed by atoms with Crippen LogP contribution in [0.3, 0.4) is 0 Å². The van der Waals surface area contributed by atoms with Gasteiger partial charge in [0.1, 0.15) is 0 Å². The van der Waals surface area contributed by atoms with Crippen LogP contribution in [0.25, 0.3) is 5.69 Å². The van der Waals surface area contributed by atoms with E-state index in [0.29, 0.717) is 5.69 Å². The number of nitrogens with zero attached hydrogens (tertiary/aromatic N) is 1. The fourth-order valence-electron chi connectivity index (χ4n) is 1.53. The number of aryl methyl sites for hydroxylation is 1. The summed E-state index contributed by atoms with van der Waals surface area (Å²) < 4.78 is 1.05. The summed E-state index contributed by atoms with van der Waals surface area (Å²) in [5.41, 5.74) is 0.0971. The summed E-state index contributed by atoms with van der Waals surface area (Å²) in [6.07, 6.45) is 0. The van der Waals surface area contributed by atoms with Crippen molar-refractivity contribution in [2.45, 2.75) is 6.92 Å². The van der Waals surface area contributed by atoms with Gasteiger partial charge in [-0.25, -0.2) is 9.36 Å². The molecule has 0 bridgehead atoms. The van der Waals surface area contributed by atoms with Crippen LogP contribution in [0, 0.1) is 6.92 Å². The van der Waals surface area contributed by atoms with Crippen molar-refractivity contribution in [2.75, 3.05) is 0 Å². The number of rotatable bonds is 1. The van der Waals surface area contributed by atoms with Crippen molar-refractivity contribution < 1.29 is 5.11 Å². The van der Waals surface area contributed by atoms with Crippen LogP contribution in [0.5, 0.6) is 5.88 Å². The number of aromatic hydroxyl groups is 1. The number of nitrogens with one attached hydrogen (secondary N) is 1. The Hall–Kier alpha value is -2.30. The first-order valence-electron chi connectivity index (χ1n) is 4.71. The third kappa shape index (κ3) is 1.63. The summed E-state index contributed by atoms with van der Waals surface area (Å²) in [5.74, 6) is -0.372. The smallest absolute Gasteiger partial charge is 0.335 e. The van der Waals surface area contributed by atoms with Crippen molar-refractivity contribution in [1.82, 2.24) is 9.55 Å². The minimum Gasteiger partial charge on any atom is -0.494 e. The molecule has 0 radical (unpaired) electrons. The topological polar surface area (TPSA) is 75.1 Å². The van der Waals surface area contributed by atoms with E-state index in [-0.39, 0.29) is 5.88 Å². The standard InChI is InChI=1S/C11H10N2O3/c1-7-4-2-3-5-8(7)13-10(15)6-9(14)12-11(13)16/h2-6,15H,1H3,(H,12,14,16). The molecule has 0 unspecified atom stereocenters. The van der Waals surface area contributed by atoms with Gasteiger partial charge in [-0.2, -0.15) is 0 Å². The number of para-hydroxylation sites is 1. The molecule has 0 saturated heterocycles. The highest BCUT2D eigenvalue weighted by atomic mass is 16.3. The fourth-order valence-corrected chi connectivity index (χ4v) is 1.53. The van der Waals surface area contributed by atoms with Crippen LogP contribution in [0.4, 0.5) is 0 Å². The van der Waals surface area contributed by atoms with Crippen molar-refractivity contribution >= 4 is 0 Å². The lowest BCUT2D eigenvalue weighted by molar-refractivity contribution is 0.431. The quantitative estimate of drug-likeness (QED) is 0.733. The predicted molar refractivity (Wildman–Crippen MR) is 59.1 cm³/mol. The highest BCUT2D eigenvalue weighted by molar-refractivity contribution is 5.42. The van der Waals surface area contributed by atoms with E-state index in [2.05, 4.69) is 4.98 Å². The van der Waals surface area contributed by atoms with E-state index in [9.17, 15) is 14.7 Å². The molecule has 2 N–H and O–H groups in total. The van der Waals surface area contributed by atoms with Gasteiger partial charge >= 0.3 is 5.69 Å². The second-order valence-corrected chi connectivity index (χ2v) is 3.42. The Labute approximate surface area is 90.6 Å². The molecule has 5 nitrogen and oxygen atoms in total. The summed E-state index contributed by atoms with van der Waals surface area (Å²) in [6, 6.07) is 8.04. The number of hydrogen-bond donors (Lipinski definition) is 2. The van der Waals surface area contributed by atoms with Crippen molar-refractivity contribution in [1.29, 1.82) is 0 Å². The molecule has 0 fully saturated rings. The molecule has 0 aliphatic carbocycles. The van der Waals surface area contributed by atoms with Gasteiger partial charge in [0.2, 0.25) is 5.88 Å². The first-order valence-corrected chi connectivity index (χ1v) is 4.71. The van der Waals surface area contributed by atoms with Gasteiger partial charge in [0.25, 0.3) is 5.56 Å². The minimum atomic E-state index is -0.653. The van der Waals surface area contributed by atoms with Gasteiger partial charge in [-0.15, -0.1) is 0 Å². The Bertz CT molecular complexity index is 640. The summed E-state index contributed by atoms with van der Waals surface area (Å²) in [7, 11) is 0. The molecule has 0 spiro atoms. The maximum absolute atomic E-state index is 11.6. The maximum Gasteiger partial charge on any atom is 0.335 e. The normalized spacial score (nSPS) is 10.3. The van der Waals surface area contributed by atoms with Gasteiger partial charge in [-0.3, -0.25) is 9.78 Å². The molecule has 5 heteroatoms. The van der Waals surface area contributed by atoms with Crippen LogP contribution in [0.15, 0.2) is 39.9 Å². The van der Waals surface area contributed by atoms with Crippen LogP contribution in [-0.4, -0.2) is 14.7 Å². The van der Waals surface area contributed by atoms with E-state index in [4.69, 9.17) is 0 Å². The lowest BCUT2D eigenvalue weighted by atomic mass is 10.2. The molecule has 1 aromatic carbocycles. The Morgan fingerprint density at radius 3 is 2.56 bits per heavy atom. The first kappa shape index (κ1) is 10.2. The summed E-state index contributed by atoms with van der Waals surface area (Å²) >= 11 is 0. The second kappa shape index (κ2) is 3.69. The maximum atomic E-state index is 11.6. The highest BCUT2D eigenvalue weighted by Crippen LogP contribution is 2.15. The lowest BCUT2D eigenvalue weighted by Gasteiger charge is -2.09. The van der Waals surface area contributed by atoms with E-state index in [1.54, 1.807) is 12.1 Å². The fraction of sp³-hybridized carbons (Fsp3) is 0.0909. The molecule has 0 amide bonds. The number of aromatic amines is 1. The molecule has 82 valence electrons. The van der Waals surface area contributed by atoms with Gasteiger partial charge in [0, 0.05) is 0 Å². The average Bonchev–Trinajstić information content (AvgIpc) is 2.19. The van der Waals surface area contributed by atoms with Gasteiger partial charge in [-0.05, 0) is 18.6 Å². The van der Waals surface area contributed by atoms with Crippen molar-refractivity contribution in [2.24, 2.45) is 0 Å². The van der Waals surface area contributed by atoms with E-state index in [1.165, 1.54) is 0 Å². The SMILES string of the molecule is Cc1ccccc1-n1c(O)cc(=O)[nH]c1=O. The van der Waals surface area contributed by atoms with Gasteiger partial charge in [0.15, 0.2) is 0 Å². The summed E-state index contributed by atoms with van der Waals surface area (Å²) in [4.78, 5) is 24.6. The molecule has 2 aromatic rings. The zero-order valence-electron chi connectivity index (χ0n) is 8.60. The predicted octanol–water partition coefficient (Wildman–Crippen LogP) is 0.540. The Morgan fingerprint density at radius 2 is 1.94 bits per heavy atom. The molecular formula is C11H10N2O3. The van der Waals surface area contributed by atoms with Gasteiger partial charge in [-0.1, -0.05) is 18.2 Å². The van der Waals surface area contributed by atoms with Crippen LogP contribution in [0.1, 0.15) is 5.56 Å². The summed E-state index contributed by atoms with van der Waals surface area (Å²) in [6.45, 7) is 1.81. The third-order valence-electron chi connectivity index (χ3n) is 2.28. The molecule has 16 heavy (non-hydrogen) atoms. The molecular weight excluding hydrogens is 208 g/mol. The second-order valence-electron chi connectivity index (χ2n) is 3.42. The van der Waals surface area contributed by atoms with Crippen molar-refractivity contribution in [3.05, 3.63) is 56.7 Å². The molecule has 0 saturated carbocycles. The van der Waals surface area contributed by atoms with E-state index < -0.39 is 11.2 Å². The monoisotopic (exact) mass is 218 g/mol. The highest BCUT2D eigenvalue weighted by Gasteiger charge is 2.08. The molecule has 0 atom stereocenters. The first-order chi connectivity index (χ1) is 7.59. The van der Waals surface area contributed by atoms with Crippen LogP contribution in [-0.2, 0) is 0 Å². The largest absolute Gasteiger partial charge is 0.494 e. The van der Waals surface area contributed by atoms with E-state index in [1.807, 2.05) is 19.1 Å². The lowest BCUT2D eigenvalue weighted by Crippen LogP contribution is -2.28. The van der Waals surface area contributed by atoms with Crippen LogP contribution in [0.2, 0.25) is 0 Å². The molecule has 0 aliphatic rings. The number of H-pyrrole nitrogens is 1. The third-order valence-corrected chi connectivity index (χ3v) is 2.28. The van der Waals surface area contributed by atoms with Crippen LogP contribution < -0.4 is 11.2 Å². The van der Waals surface area contributed by atoms with E-state index in [0.717, 1.165) is 16.2 Å². The molecule has 1 heterocycles. The molecule has 0 aliphatic heterocycles.